The third-order valence-electron chi connectivity index (χ3n) is 2.18. The molecule has 0 fully saturated rings. The van der Waals surface area contributed by atoms with Gasteiger partial charge in [0.05, 0.1) is 13.7 Å². The normalized spacial score (nSPS) is 10.6. The molecule has 0 radical (unpaired) electrons. The minimum absolute atomic E-state index is 0.256. The number of hydrogen-bond acceptors (Lipinski definition) is 3. The van der Waals surface area contributed by atoms with Gasteiger partial charge in [0.15, 0.2) is 11.6 Å². The van der Waals surface area contributed by atoms with Crippen molar-refractivity contribution in [2.45, 2.75) is 13.8 Å². The van der Waals surface area contributed by atoms with Crippen LogP contribution < -0.4 is 10.1 Å². The number of hydrogen-bond donors (Lipinski definition) is 1. The Bertz CT molecular complexity index is 342. The smallest absolute Gasteiger partial charge is 0.167 e. The van der Waals surface area contributed by atoms with Crippen molar-refractivity contribution in [3.05, 3.63) is 24.0 Å². The van der Waals surface area contributed by atoms with Gasteiger partial charge in [-0.05, 0) is 18.1 Å². The molecule has 0 amide bonds. The highest BCUT2D eigenvalue weighted by molar-refractivity contribution is 5.47. The minimum Gasteiger partial charge on any atom is -0.494 e. The van der Waals surface area contributed by atoms with Crippen molar-refractivity contribution < 1.29 is 13.9 Å². The quantitative estimate of drug-likeness (QED) is 0.744. The second kappa shape index (κ2) is 7.12. The van der Waals surface area contributed by atoms with Crippen LogP contribution in [0.4, 0.5) is 10.1 Å². The molecule has 0 aliphatic rings. The van der Waals surface area contributed by atoms with E-state index in [1.807, 2.05) is 0 Å². The SMILES string of the molecule is COc1ccc(NCCOCC(C)C)cc1F. The Morgan fingerprint density at radius 2 is 2.12 bits per heavy atom. The third kappa shape index (κ3) is 5.04. The fourth-order valence-electron chi connectivity index (χ4n) is 1.36. The molecule has 0 spiro atoms. The summed E-state index contributed by atoms with van der Waals surface area (Å²) in [4.78, 5) is 0. The van der Waals surface area contributed by atoms with Crippen LogP contribution in [0.3, 0.4) is 0 Å². The standard InChI is InChI=1S/C13H20FNO2/c1-10(2)9-17-7-6-15-11-4-5-13(16-3)12(14)8-11/h4-5,8,10,15H,6-7,9H2,1-3H3. The molecule has 0 heterocycles. The van der Waals surface area contributed by atoms with Crippen LogP contribution >= 0.6 is 0 Å². The van der Waals surface area contributed by atoms with E-state index in [2.05, 4.69) is 19.2 Å². The molecule has 0 bridgehead atoms. The lowest BCUT2D eigenvalue weighted by Gasteiger charge is -2.10. The number of anilines is 1. The molecule has 0 aromatic heterocycles. The maximum absolute atomic E-state index is 13.3. The maximum Gasteiger partial charge on any atom is 0.167 e. The van der Waals surface area contributed by atoms with Gasteiger partial charge in [-0.25, -0.2) is 4.39 Å². The van der Waals surface area contributed by atoms with Gasteiger partial charge < -0.3 is 14.8 Å². The summed E-state index contributed by atoms with van der Waals surface area (Å²) >= 11 is 0. The van der Waals surface area contributed by atoms with E-state index >= 15 is 0 Å². The Hall–Kier alpha value is -1.29. The number of benzene rings is 1. The highest BCUT2D eigenvalue weighted by Gasteiger charge is 2.02. The van der Waals surface area contributed by atoms with Crippen molar-refractivity contribution in [2.24, 2.45) is 5.92 Å². The number of nitrogens with one attached hydrogen (secondary N) is 1. The van der Waals surface area contributed by atoms with E-state index in [-0.39, 0.29) is 11.6 Å². The first-order valence-corrected chi connectivity index (χ1v) is 5.78. The third-order valence-corrected chi connectivity index (χ3v) is 2.18. The van der Waals surface area contributed by atoms with Crippen molar-refractivity contribution in [1.82, 2.24) is 0 Å². The van der Waals surface area contributed by atoms with Crippen LogP contribution in [0.5, 0.6) is 5.75 Å². The molecule has 96 valence electrons. The lowest BCUT2D eigenvalue weighted by Crippen LogP contribution is -2.12. The van der Waals surface area contributed by atoms with E-state index in [0.717, 1.165) is 12.3 Å². The minimum atomic E-state index is -0.361. The van der Waals surface area contributed by atoms with Crippen LogP contribution in [0.2, 0.25) is 0 Å². The Morgan fingerprint density at radius 3 is 2.71 bits per heavy atom. The monoisotopic (exact) mass is 241 g/mol. The van der Waals surface area contributed by atoms with Gasteiger partial charge in [0, 0.05) is 24.9 Å². The highest BCUT2D eigenvalue weighted by atomic mass is 19.1. The van der Waals surface area contributed by atoms with Gasteiger partial charge in [-0.3, -0.25) is 0 Å². The maximum atomic E-state index is 13.3. The molecular formula is C13H20FNO2. The van der Waals surface area contributed by atoms with Crippen molar-refractivity contribution >= 4 is 5.69 Å². The molecule has 1 aromatic rings. The van der Waals surface area contributed by atoms with Crippen LogP contribution in [0.25, 0.3) is 0 Å². The first-order valence-electron chi connectivity index (χ1n) is 5.78. The molecule has 0 saturated heterocycles. The molecule has 0 atom stereocenters. The topological polar surface area (TPSA) is 30.5 Å². The second-order valence-electron chi connectivity index (χ2n) is 4.24. The van der Waals surface area contributed by atoms with E-state index in [0.29, 0.717) is 19.1 Å². The lowest BCUT2D eigenvalue weighted by molar-refractivity contribution is 0.118. The number of halogens is 1. The molecular weight excluding hydrogens is 221 g/mol. The zero-order chi connectivity index (χ0) is 12.7. The first-order chi connectivity index (χ1) is 8.13. The predicted molar refractivity (Wildman–Crippen MR) is 67.1 cm³/mol. The zero-order valence-corrected chi connectivity index (χ0v) is 10.6. The Labute approximate surface area is 102 Å². The Morgan fingerprint density at radius 1 is 1.35 bits per heavy atom. The molecule has 4 heteroatoms. The summed E-state index contributed by atoms with van der Waals surface area (Å²) < 4.78 is 23.6. The van der Waals surface area contributed by atoms with Gasteiger partial charge in [-0.15, -0.1) is 0 Å². The average molecular weight is 241 g/mol. The molecule has 0 saturated carbocycles. The van der Waals surface area contributed by atoms with Crippen LogP contribution in [0.15, 0.2) is 18.2 Å². The van der Waals surface area contributed by atoms with E-state index in [1.54, 1.807) is 12.1 Å². The van der Waals surface area contributed by atoms with Crippen LogP contribution in [-0.4, -0.2) is 26.9 Å². The van der Waals surface area contributed by atoms with E-state index in [4.69, 9.17) is 9.47 Å². The molecule has 0 aliphatic carbocycles. The van der Waals surface area contributed by atoms with Gasteiger partial charge in [-0.1, -0.05) is 13.8 Å². The summed E-state index contributed by atoms with van der Waals surface area (Å²) in [5.74, 6) is 0.431. The van der Waals surface area contributed by atoms with Crippen LogP contribution in [0.1, 0.15) is 13.8 Å². The van der Waals surface area contributed by atoms with E-state index in [9.17, 15) is 4.39 Å². The molecule has 3 nitrogen and oxygen atoms in total. The average Bonchev–Trinajstić information content (AvgIpc) is 2.28. The molecule has 0 aliphatic heterocycles. The Kier molecular flexibility index (Phi) is 5.77. The fraction of sp³-hybridized carbons (Fsp3) is 0.538. The molecule has 1 rings (SSSR count). The zero-order valence-electron chi connectivity index (χ0n) is 10.6. The molecule has 1 aromatic carbocycles. The van der Waals surface area contributed by atoms with Gasteiger partial charge in [-0.2, -0.15) is 0 Å². The van der Waals surface area contributed by atoms with Gasteiger partial charge >= 0.3 is 0 Å². The molecule has 0 unspecified atom stereocenters. The number of methoxy groups -OCH3 is 1. The second-order valence-corrected chi connectivity index (χ2v) is 4.24. The largest absolute Gasteiger partial charge is 0.494 e. The van der Waals surface area contributed by atoms with Gasteiger partial charge in [0.2, 0.25) is 0 Å². The number of ether oxygens (including phenoxy) is 2. The molecule has 1 N–H and O–H groups in total. The fourth-order valence-corrected chi connectivity index (χ4v) is 1.36. The summed E-state index contributed by atoms with van der Waals surface area (Å²) in [6.45, 7) is 6.24. The number of rotatable bonds is 7. The first kappa shape index (κ1) is 13.8. The van der Waals surface area contributed by atoms with Crippen molar-refractivity contribution in [3.63, 3.8) is 0 Å². The Balaban J connectivity index is 2.30. The highest BCUT2D eigenvalue weighted by Crippen LogP contribution is 2.20. The van der Waals surface area contributed by atoms with E-state index in [1.165, 1.54) is 13.2 Å². The van der Waals surface area contributed by atoms with Crippen molar-refractivity contribution in [1.29, 1.82) is 0 Å². The van der Waals surface area contributed by atoms with E-state index < -0.39 is 0 Å². The van der Waals surface area contributed by atoms with Crippen molar-refractivity contribution in [2.75, 3.05) is 32.2 Å². The summed E-state index contributed by atoms with van der Waals surface area (Å²) in [6, 6.07) is 4.80. The lowest BCUT2D eigenvalue weighted by atomic mass is 10.2. The van der Waals surface area contributed by atoms with Gasteiger partial charge in [0.1, 0.15) is 0 Å². The van der Waals surface area contributed by atoms with Gasteiger partial charge in [0.25, 0.3) is 0 Å². The van der Waals surface area contributed by atoms with Crippen molar-refractivity contribution in [3.8, 4) is 5.75 Å². The predicted octanol–water partition coefficient (Wildman–Crippen LogP) is 2.92. The molecule has 17 heavy (non-hydrogen) atoms. The summed E-state index contributed by atoms with van der Waals surface area (Å²) in [5, 5.41) is 3.09. The summed E-state index contributed by atoms with van der Waals surface area (Å²) in [7, 11) is 1.45. The van der Waals surface area contributed by atoms with Crippen LogP contribution in [0, 0.1) is 11.7 Å². The summed E-state index contributed by atoms with van der Waals surface area (Å²) in [5.41, 5.74) is 0.733. The van der Waals surface area contributed by atoms with Crippen LogP contribution in [-0.2, 0) is 4.74 Å². The summed E-state index contributed by atoms with van der Waals surface area (Å²) in [6.07, 6.45) is 0.